The Hall–Kier alpha value is -1.23. The maximum absolute atomic E-state index is 13.2. The fourth-order valence-corrected chi connectivity index (χ4v) is 6.39. The van der Waals surface area contributed by atoms with Gasteiger partial charge in [0.2, 0.25) is 0 Å². The molecule has 4 fully saturated rings. The van der Waals surface area contributed by atoms with Crippen LogP contribution in [0.3, 0.4) is 0 Å². The van der Waals surface area contributed by atoms with Crippen LogP contribution in [0.1, 0.15) is 52.4 Å². The van der Waals surface area contributed by atoms with Crippen LogP contribution in [0.5, 0.6) is 0 Å². The number of rotatable bonds is 1. The Kier molecular flexibility index (Phi) is 3.25. The van der Waals surface area contributed by atoms with Crippen molar-refractivity contribution < 1.29 is 19.1 Å². The zero-order chi connectivity index (χ0) is 16.4. The number of nitrogens with zero attached hydrogens (tertiary/aromatic N) is 1. The molecule has 5 nitrogen and oxygen atoms in total. The maximum atomic E-state index is 13.2. The number of piperidine rings is 1. The van der Waals surface area contributed by atoms with Gasteiger partial charge in [0.05, 0.1) is 11.0 Å². The van der Waals surface area contributed by atoms with Crippen LogP contribution in [0.25, 0.3) is 0 Å². The summed E-state index contributed by atoms with van der Waals surface area (Å²) < 4.78 is 5.64. The van der Waals surface area contributed by atoms with Gasteiger partial charge in [0, 0.05) is 31.6 Å². The first-order chi connectivity index (χ1) is 10.9. The third kappa shape index (κ3) is 1.69. The Labute approximate surface area is 136 Å². The van der Waals surface area contributed by atoms with Gasteiger partial charge in [0.25, 0.3) is 0 Å². The minimum absolute atomic E-state index is 0.00162. The monoisotopic (exact) mass is 319 g/mol. The molecule has 2 spiro atoms. The van der Waals surface area contributed by atoms with Gasteiger partial charge in [-0.15, -0.1) is 0 Å². The van der Waals surface area contributed by atoms with Crippen LogP contribution in [0.2, 0.25) is 0 Å². The Balaban J connectivity index is 1.84. The van der Waals surface area contributed by atoms with Crippen molar-refractivity contribution in [1.82, 2.24) is 4.90 Å². The van der Waals surface area contributed by atoms with Gasteiger partial charge in [-0.1, -0.05) is 6.92 Å². The van der Waals surface area contributed by atoms with Gasteiger partial charge in [-0.25, -0.2) is 0 Å². The highest BCUT2D eigenvalue weighted by Crippen LogP contribution is 2.65. The van der Waals surface area contributed by atoms with Gasteiger partial charge in [-0.2, -0.15) is 0 Å². The average Bonchev–Trinajstić information content (AvgIpc) is 3.03. The summed E-state index contributed by atoms with van der Waals surface area (Å²) in [5.74, 6) is 0.0341. The largest absolute Gasteiger partial charge is 0.462 e. The number of carbonyl (C=O) groups excluding carboxylic acids is 3. The molecule has 2 heterocycles. The topological polar surface area (TPSA) is 63.7 Å². The Morgan fingerprint density at radius 3 is 2.52 bits per heavy atom. The van der Waals surface area contributed by atoms with E-state index >= 15 is 0 Å². The minimum atomic E-state index is -0.606. The number of ketones is 2. The molecule has 5 atom stereocenters. The van der Waals surface area contributed by atoms with E-state index in [2.05, 4.69) is 4.90 Å². The second kappa shape index (κ2) is 4.88. The average molecular weight is 319 g/mol. The van der Waals surface area contributed by atoms with Crippen molar-refractivity contribution in [1.29, 1.82) is 0 Å². The molecule has 0 amide bonds. The van der Waals surface area contributed by atoms with Crippen LogP contribution in [-0.2, 0) is 19.1 Å². The lowest BCUT2D eigenvalue weighted by atomic mass is 9.53. The zero-order valence-electron chi connectivity index (χ0n) is 14.0. The molecule has 2 saturated carbocycles. The van der Waals surface area contributed by atoms with E-state index in [-0.39, 0.29) is 35.5 Å². The van der Waals surface area contributed by atoms with Crippen molar-refractivity contribution >= 4 is 17.5 Å². The summed E-state index contributed by atoms with van der Waals surface area (Å²) in [6.45, 7) is 5.23. The number of ether oxygens (including phenoxy) is 1. The molecule has 0 aromatic carbocycles. The smallest absolute Gasteiger partial charge is 0.302 e. The summed E-state index contributed by atoms with van der Waals surface area (Å²) in [4.78, 5) is 40.2. The Morgan fingerprint density at radius 2 is 1.83 bits per heavy atom. The predicted molar refractivity (Wildman–Crippen MR) is 82.7 cm³/mol. The third-order valence-corrected chi connectivity index (χ3v) is 7.01. The lowest BCUT2D eigenvalue weighted by Crippen LogP contribution is -2.68. The summed E-state index contributed by atoms with van der Waals surface area (Å²) in [5.41, 5.74) is -1.20. The highest BCUT2D eigenvalue weighted by atomic mass is 16.5. The standard InChI is InChI=1S/C18H25NO4/c1-11-9-14(21)17-5-3-7-19-8-4-6-18(17,19)15(22)10-13(17)16(11)23-12(2)20/h11,13,16H,3-10H2,1-2H3/t11-,13+,16-,17+,18-/m0/s1. The normalized spacial score (nSPS) is 46.3. The van der Waals surface area contributed by atoms with E-state index in [1.165, 1.54) is 6.92 Å². The van der Waals surface area contributed by atoms with E-state index in [0.29, 0.717) is 12.8 Å². The van der Waals surface area contributed by atoms with E-state index in [1.54, 1.807) is 0 Å². The number of esters is 1. The van der Waals surface area contributed by atoms with Crippen LogP contribution in [0, 0.1) is 17.3 Å². The van der Waals surface area contributed by atoms with E-state index in [4.69, 9.17) is 4.74 Å². The molecule has 0 aromatic heterocycles. The molecular formula is C18H25NO4. The highest BCUT2D eigenvalue weighted by Gasteiger charge is 2.75. The molecule has 0 aromatic rings. The molecule has 0 N–H and O–H groups in total. The third-order valence-electron chi connectivity index (χ3n) is 7.01. The van der Waals surface area contributed by atoms with Crippen molar-refractivity contribution in [3.05, 3.63) is 0 Å². The van der Waals surface area contributed by atoms with Gasteiger partial charge in [-0.3, -0.25) is 19.3 Å². The number of hydrogen-bond donors (Lipinski definition) is 0. The molecule has 4 rings (SSSR count). The van der Waals surface area contributed by atoms with E-state index in [1.807, 2.05) is 6.92 Å². The van der Waals surface area contributed by atoms with Gasteiger partial charge in [-0.05, 0) is 38.8 Å². The lowest BCUT2D eigenvalue weighted by Gasteiger charge is -2.56. The quantitative estimate of drug-likeness (QED) is 0.689. The molecule has 4 aliphatic rings. The minimum Gasteiger partial charge on any atom is -0.462 e. The van der Waals surface area contributed by atoms with Crippen molar-refractivity contribution in [3.8, 4) is 0 Å². The molecule has 2 aliphatic heterocycles. The summed E-state index contributed by atoms with van der Waals surface area (Å²) in [6.07, 6.45) is 4.05. The Morgan fingerprint density at radius 1 is 1.13 bits per heavy atom. The maximum Gasteiger partial charge on any atom is 0.302 e. The first kappa shape index (κ1) is 15.3. The summed E-state index contributed by atoms with van der Waals surface area (Å²) in [5, 5.41) is 0. The first-order valence-electron chi connectivity index (χ1n) is 8.92. The molecular weight excluding hydrogens is 294 g/mol. The molecule has 23 heavy (non-hydrogen) atoms. The predicted octanol–water partition coefficient (Wildman–Crippen LogP) is 1.73. The van der Waals surface area contributed by atoms with Crippen molar-refractivity contribution in [2.45, 2.75) is 64.0 Å². The second-order valence-corrected chi connectivity index (χ2v) is 7.94. The van der Waals surface area contributed by atoms with Crippen LogP contribution in [0.15, 0.2) is 0 Å². The summed E-state index contributed by atoms with van der Waals surface area (Å²) in [7, 11) is 0. The van der Waals surface area contributed by atoms with Crippen LogP contribution >= 0.6 is 0 Å². The van der Waals surface area contributed by atoms with Gasteiger partial charge < -0.3 is 4.74 Å². The lowest BCUT2D eigenvalue weighted by molar-refractivity contribution is -0.178. The van der Waals surface area contributed by atoms with Crippen molar-refractivity contribution in [3.63, 3.8) is 0 Å². The Bertz CT molecular complexity index is 588. The second-order valence-electron chi connectivity index (χ2n) is 7.94. The first-order valence-corrected chi connectivity index (χ1v) is 8.92. The molecule has 2 aliphatic carbocycles. The molecule has 0 radical (unpaired) electrons. The SMILES string of the molecule is CC(=O)O[C@@H]1[C@H]2CC(=O)[C@]34CCCN3CCC[C@]24C(=O)C[C@@H]1C. The van der Waals surface area contributed by atoms with E-state index < -0.39 is 11.0 Å². The fourth-order valence-electron chi connectivity index (χ4n) is 6.39. The fraction of sp³-hybridized carbons (Fsp3) is 0.833. The molecule has 126 valence electrons. The van der Waals surface area contributed by atoms with Crippen LogP contribution in [0.4, 0.5) is 0 Å². The van der Waals surface area contributed by atoms with Gasteiger partial charge >= 0.3 is 5.97 Å². The summed E-state index contributed by atoms with van der Waals surface area (Å²) >= 11 is 0. The van der Waals surface area contributed by atoms with E-state index in [9.17, 15) is 14.4 Å². The van der Waals surface area contributed by atoms with Gasteiger partial charge in [0.1, 0.15) is 11.9 Å². The van der Waals surface area contributed by atoms with Crippen molar-refractivity contribution in [2.75, 3.05) is 13.1 Å². The molecule has 5 heteroatoms. The highest BCUT2D eigenvalue weighted by molar-refractivity contribution is 6.03. The molecule has 0 bridgehead atoms. The van der Waals surface area contributed by atoms with Crippen LogP contribution < -0.4 is 0 Å². The molecule has 0 unspecified atom stereocenters. The number of hydrogen-bond acceptors (Lipinski definition) is 5. The van der Waals surface area contributed by atoms with Gasteiger partial charge in [0.15, 0.2) is 5.78 Å². The number of carbonyl (C=O) groups is 3. The van der Waals surface area contributed by atoms with Crippen molar-refractivity contribution in [2.24, 2.45) is 17.3 Å². The number of Topliss-reactive ketones (excluding diaryl/α,β-unsaturated/α-hetero) is 2. The van der Waals surface area contributed by atoms with E-state index in [0.717, 1.165) is 38.8 Å². The zero-order valence-corrected chi connectivity index (χ0v) is 14.0. The summed E-state index contributed by atoms with van der Waals surface area (Å²) in [6, 6.07) is 0. The van der Waals surface area contributed by atoms with Crippen LogP contribution in [-0.4, -0.2) is 47.2 Å². The molecule has 2 saturated heterocycles.